The molecule has 0 spiro atoms. The van der Waals surface area contributed by atoms with Crippen molar-refractivity contribution >= 4 is 43.6 Å². The Hall–Kier alpha value is -6.64. The molecule has 10 rings (SSSR count). The van der Waals surface area contributed by atoms with Crippen molar-refractivity contribution in [3.63, 3.8) is 0 Å². The van der Waals surface area contributed by atoms with Crippen molar-refractivity contribution < 1.29 is 0 Å². The van der Waals surface area contributed by atoms with Crippen molar-refractivity contribution in [2.24, 2.45) is 0 Å². The van der Waals surface area contributed by atoms with Crippen molar-refractivity contribution in [3.8, 4) is 44.8 Å². The monoisotopic (exact) mass is 650 g/mol. The second-order valence-corrected chi connectivity index (χ2v) is 13.5. The molecule has 0 atom stereocenters. The van der Waals surface area contributed by atoms with E-state index in [4.69, 9.17) is 0 Å². The zero-order chi connectivity index (χ0) is 33.9. The van der Waals surface area contributed by atoms with Crippen LogP contribution < -0.4 is 0 Å². The minimum Gasteiger partial charge on any atom is -0.309 e. The van der Waals surface area contributed by atoms with Gasteiger partial charge in [0, 0.05) is 32.9 Å². The predicted molar refractivity (Wildman–Crippen MR) is 216 cm³/mol. The number of para-hydroxylation sites is 1. The molecule has 0 radical (unpaired) electrons. The maximum absolute atomic E-state index is 2.41. The lowest BCUT2D eigenvalue weighted by Gasteiger charge is -2.11. The van der Waals surface area contributed by atoms with Gasteiger partial charge < -0.3 is 9.13 Å². The quantitative estimate of drug-likeness (QED) is 0.175. The Labute approximate surface area is 297 Å². The van der Waals surface area contributed by atoms with E-state index < -0.39 is 0 Å². The van der Waals surface area contributed by atoms with Gasteiger partial charge in [0.15, 0.2) is 0 Å². The van der Waals surface area contributed by atoms with Gasteiger partial charge in [0.25, 0.3) is 0 Å². The summed E-state index contributed by atoms with van der Waals surface area (Å²) in [4.78, 5) is 0. The average Bonchev–Trinajstić information content (AvgIpc) is 3.70. The topological polar surface area (TPSA) is 9.86 Å². The molecule has 51 heavy (non-hydrogen) atoms. The third-order valence-electron chi connectivity index (χ3n) is 10.4. The van der Waals surface area contributed by atoms with Gasteiger partial charge in [-0.25, -0.2) is 0 Å². The van der Waals surface area contributed by atoms with E-state index in [2.05, 4.69) is 204 Å². The van der Waals surface area contributed by atoms with Crippen LogP contribution in [0.1, 0.15) is 5.56 Å². The van der Waals surface area contributed by atoms with Crippen molar-refractivity contribution in [1.82, 2.24) is 9.13 Å². The first-order chi connectivity index (χ1) is 25.2. The molecule has 2 nitrogen and oxygen atoms in total. The molecule has 0 amide bonds. The lowest BCUT2D eigenvalue weighted by molar-refractivity contribution is 1.18. The summed E-state index contributed by atoms with van der Waals surface area (Å²) in [6.45, 7) is 2.18. The molecule has 0 unspecified atom stereocenters. The number of rotatable bonds is 5. The van der Waals surface area contributed by atoms with E-state index in [9.17, 15) is 0 Å². The lowest BCUT2D eigenvalue weighted by atomic mass is 10.00. The molecule has 2 heterocycles. The highest BCUT2D eigenvalue weighted by atomic mass is 15.0. The first-order valence-electron chi connectivity index (χ1n) is 17.6. The summed E-state index contributed by atoms with van der Waals surface area (Å²) in [6.07, 6.45) is 0. The van der Waals surface area contributed by atoms with E-state index in [1.807, 2.05) is 0 Å². The SMILES string of the molecule is Cc1ccc2c(c1)c1cc(-c3ccc4c(c3)c3ccccc3n4-c3ccc(-c4ccccc4)cc3)ccc1n2-c1ccc(-c2ccccc2)cc1. The summed E-state index contributed by atoms with van der Waals surface area (Å²) in [5, 5.41) is 5.05. The fourth-order valence-electron chi connectivity index (χ4n) is 7.89. The predicted octanol–water partition coefficient (Wildman–Crippen LogP) is 13.2. The summed E-state index contributed by atoms with van der Waals surface area (Å²) in [7, 11) is 0. The van der Waals surface area contributed by atoms with Crippen LogP contribution in [0.2, 0.25) is 0 Å². The first-order valence-corrected chi connectivity index (χ1v) is 17.6. The van der Waals surface area contributed by atoms with Gasteiger partial charge in [0.05, 0.1) is 22.1 Å². The summed E-state index contributed by atoms with van der Waals surface area (Å²) >= 11 is 0. The zero-order valence-electron chi connectivity index (χ0n) is 28.3. The highest BCUT2D eigenvalue weighted by Crippen LogP contribution is 2.39. The molecule has 0 saturated carbocycles. The molecule has 0 aliphatic heterocycles. The smallest absolute Gasteiger partial charge is 0.0541 e. The largest absolute Gasteiger partial charge is 0.309 e. The summed E-state index contributed by atoms with van der Waals surface area (Å²) < 4.78 is 4.80. The molecule has 0 aliphatic carbocycles. The number of fused-ring (bicyclic) bond motifs is 6. The van der Waals surface area contributed by atoms with Gasteiger partial charge in [-0.2, -0.15) is 0 Å². The van der Waals surface area contributed by atoms with Crippen LogP contribution in [0.3, 0.4) is 0 Å². The van der Waals surface area contributed by atoms with E-state index in [-0.39, 0.29) is 0 Å². The van der Waals surface area contributed by atoms with Crippen LogP contribution in [0.5, 0.6) is 0 Å². The molecule has 10 aromatic rings. The van der Waals surface area contributed by atoms with E-state index in [1.54, 1.807) is 0 Å². The van der Waals surface area contributed by atoms with Crippen molar-refractivity contribution in [3.05, 3.63) is 194 Å². The van der Waals surface area contributed by atoms with E-state index in [1.165, 1.54) is 82.6 Å². The number of aryl methyl sites for hydroxylation is 1. The van der Waals surface area contributed by atoms with E-state index in [0.717, 1.165) is 11.4 Å². The van der Waals surface area contributed by atoms with Crippen LogP contribution in [0.4, 0.5) is 0 Å². The van der Waals surface area contributed by atoms with Crippen molar-refractivity contribution in [2.75, 3.05) is 0 Å². The number of aromatic nitrogens is 2. The molecule has 2 aromatic heterocycles. The molecule has 8 aromatic carbocycles. The Balaban J connectivity index is 1.09. The Morgan fingerprint density at radius 1 is 0.275 bits per heavy atom. The average molecular weight is 651 g/mol. The van der Waals surface area contributed by atoms with Crippen molar-refractivity contribution in [1.29, 1.82) is 0 Å². The van der Waals surface area contributed by atoms with Crippen LogP contribution in [0.25, 0.3) is 88.4 Å². The Bertz CT molecular complexity index is 2870. The van der Waals surface area contributed by atoms with Gasteiger partial charge in [0.1, 0.15) is 0 Å². The van der Waals surface area contributed by atoms with E-state index in [0.29, 0.717) is 0 Å². The maximum atomic E-state index is 2.41. The molecule has 0 bridgehead atoms. The number of benzene rings is 8. The number of hydrogen-bond donors (Lipinski definition) is 0. The minimum absolute atomic E-state index is 1.16. The van der Waals surface area contributed by atoms with Crippen LogP contribution in [0, 0.1) is 6.92 Å². The van der Waals surface area contributed by atoms with Gasteiger partial charge in [-0.1, -0.05) is 127 Å². The molecule has 0 saturated heterocycles. The molecule has 0 N–H and O–H groups in total. The summed E-state index contributed by atoms with van der Waals surface area (Å²) in [5.74, 6) is 0. The summed E-state index contributed by atoms with van der Waals surface area (Å²) in [6, 6.07) is 68.5. The molecule has 0 aliphatic rings. The fourth-order valence-corrected chi connectivity index (χ4v) is 7.89. The second kappa shape index (κ2) is 11.8. The van der Waals surface area contributed by atoms with Gasteiger partial charge in [-0.15, -0.1) is 0 Å². The van der Waals surface area contributed by atoms with Crippen LogP contribution in [-0.4, -0.2) is 9.13 Å². The third kappa shape index (κ3) is 4.87. The number of hydrogen-bond acceptors (Lipinski definition) is 0. The minimum atomic E-state index is 1.16. The number of nitrogens with zero attached hydrogens (tertiary/aromatic N) is 2. The third-order valence-corrected chi connectivity index (χ3v) is 10.4. The zero-order valence-corrected chi connectivity index (χ0v) is 28.3. The molecule has 0 fully saturated rings. The Morgan fingerprint density at radius 3 is 1.18 bits per heavy atom. The molecular weight excluding hydrogens is 617 g/mol. The molecular formula is C49H34N2. The highest BCUT2D eigenvalue weighted by molar-refractivity contribution is 6.12. The molecule has 240 valence electrons. The van der Waals surface area contributed by atoms with Gasteiger partial charge in [0.2, 0.25) is 0 Å². The Kier molecular flexibility index (Phi) is 6.75. The van der Waals surface area contributed by atoms with Gasteiger partial charge >= 0.3 is 0 Å². The molecule has 2 heteroatoms. The van der Waals surface area contributed by atoms with Crippen LogP contribution in [-0.2, 0) is 0 Å². The van der Waals surface area contributed by atoms with Crippen molar-refractivity contribution in [2.45, 2.75) is 6.92 Å². The van der Waals surface area contributed by atoms with Crippen LogP contribution >= 0.6 is 0 Å². The lowest BCUT2D eigenvalue weighted by Crippen LogP contribution is -1.94. The highest BCUT2D eigenvalue weighted by Gasteiger charge is 2.16. The maximum Gasteiger partial charge on any atom is 0.0541 e. The van der Waals surface area contributed by atoms with Gasteiger partial charge in [-0.05, 0) is 107 Å². The fraction of sp³-hybridized carbons (Fsp3) is 0.0204. The van der Waals surface area contributed by atoms with Crippen LogP contribution in [0.15, 0.2) is 188 Å². The second-order valence-electron chi connectivity index (χ2n) is 13.5. The summed E-state index contributed by atoms with van der Waals surface area (Å²) in [5.41, 5.74) is 15.8. The first kappa shape index (κ1) is 29.3. The normalized spacial score (nSPS) is 11.6. The van der Waals surface area contributed by atoms with Gasteiger partial charge in [-0.3, -0.25) is 0 Å². The Morgan fingerprint density at radius 2 is 0.647 bits per heavy atom. The van der Waals surface area contributed by atoms with E-state index >= 15 is 0 Å². The standard InChI is InChI=1S/C49H34N2/c1-33-16-27-47-43(30-33)45-32-39(22-29-49(45)51(47)41-25-19-37(20-26-41)35-12-6-3-7-13-35)38-21-28-48-44(31-38)42-14-8-9-15-46(42)50(48)40-23-17-36(18-24-40)34-10-4-2-5-11-34/h2-32H,1H3.